The Balaban J connectivity index is 3.20. The van der Waals surface area contributed by atoms with Crippen LogP contribution >= 0.6 is 0 Å². The number of benzene rings is 1. The highest BCUT2D eigenvalue weighted by molar-refractivity contribution is 5.94. The topological polar surface area (TPSA) is 49.3 Å². The third-order valence-electron chi connectivity index (χ3n) is 1.98. The fourth-order valence-corrected chi connectivity index (χ4v) is 1.23. The van der Waals surface area contributed by atoms with E-state index >= 15 is 0 Å². The van der Waals surface area contributed by atoms with Crippen molar-refractivity contribution in [3.63, 3.8) is 0 Å². The van der Waals surface area contributed by atoms with E-state index in [1.165, 1.54) is 0 Å². The molecule has 2 N–H and O–H groups in total. The van der Waals surface area contributed by atoms with Crippen molar-refractivity contribution in [1.82, 2.24) is 5.32 Å². The average Bonchev–Trinajstić information content (AvgIpc) is 2.12. The number of phenols is 1. The monoisotopic (exact) mass is 179 g/mol. The number of amides is 1. The minimum atomic E-state index is -0.133. The molecular weight excluding hydrogens is 166 g/mol. The van der Waals surface area contributed by atoms with E-state index in [9.17, 15) is 9.90 Å². The minimum absolute atomic E-state index is 0.133. The van der Waals surface area contributed by atoms with Crippen LogP contribution in [-0.4, -0.2) is 18.1 Å². The smallest absolute Gasteiger partial charge is 0.251 e. The van der Waals surface area contributed by atoms with E-state index in [0.717, 1.165) is 11.1 Å². The van der Waals surface area contributed by atoms with Gasteiger partial charge in [-0.2, -0.15) is 0 Å². The summed E-state index contributed by atoms with van der Waals surface area (Å²) in [6, 6.07) is 3.34. The Morgan fingerprint density at radius 1 is 1.31 bits per heavy atom. The molecule has 3 nitrogen and oxygen atoms in total. The van der Waals surface area contributed by atoms with Gasteiger partial charge in [0.05, 0.1) is 0 Å². The summed E-state index contributed by atoms with van der Waals surface area (Å²) in [5.41, 5.74) is 2.02. The second kappa shape index (κ2) is 3.47. The van der Waals surface area contributed by atoms with Crippen LogP contribution in [0.5, 0.6) is 5.75 Å². The number of nitrogens with one attached hydrogen (secondary N) is 1. The third kappa shape index (κ3) is 1.80. The molecular formula is C10H13NO2. The molecule has 1 amide bonds. The largest absolute Gasteiger partial charge is 0.507 e. The molecule has 0 aliphatic carbocycles. The molecule has 70 valence electrons. The van der Waals surface area contributed by atoms with Gasteiger partial charge in [0, 0.05) is 12.6 Å². The SMILES string of the molecule is CNC(=O)c1cc(C)c(O)c(C)c1. The van der Waals surface area contributed by atoms with Gasteiger partial charge >= 0.3 is 0 Å². The van der Waals surface area contributed by atoms with Crippen molar-refractivity contribution >= 4 is 5.91 Å². The number of phenolic OH excluding ortho intramolecular Hbond substituents is 1. The second-order valence-electron chi connectivity index (χ2n) is 3.04. The van der Waals surface area contributed by atoms with Crippen molar-refractivity contribution in [2.75, 3.05) is 7.05 Å². The molecule has 0 saturated heterocycles. The van der Waals surface area contributed by atoms with Gasteiger partial charge in [-0.3, -0.25) is 4.79 Å². The summed E-state index contributed by atoms with van der Waals surface area (Å²) in [5.74, 6) is 0.124. The zero-order chi connectivity index (χ0) is 10.0. The van der Waals surface area contributed by atoms with Gasteiger partial charge in [-0.15, -0.1) is 0 Å². The first-order valence-corrected chi connectivity index (χ1v) is 4.08. The van der Waals surface area contributed by atoms with Crippen LogP contribution in [0.15, 0.2) is 12.1 Å². The Morgan fingerprint density at radius 3 is 2.15 bits per heavy atom. The molecule has 0 bridgehead atoms. The highest BCUT2D eigenvalue weighted by Gasteiger charge is 2.07. The number of hydrogen-bond acceptors (Lipinski definition) is 2. The first-order chi connectivity index (χ1) is 6.06. The number of carbonyl (C=O) groups excluding carboxylic acids is 1. The number of rotatable bonds is 1. The van der Waals surface area contributed by atoms with E-state index in [-0.39, 0.29) is 11.7 Å². The molecule has 0 aromatic heterocycles. The predicted molar refractivity (Wildman–Crippen MR) is 51.0 cm³/mol. The van der Waals surface area contributed by atoms with Crippen molar-refractivity contribution in [2.24, 2.45) is 0 Å². The fraction of sp³-hybridized carbons (Fsp3) is 0.300. The van der Waals surface area contributed by atoms with Gasteiger partial charge < -0.3 is 10.4 Å². The lowest BCUT2D eigenvalue weighted by Crippen LogP contribution is -2.17. The lowest BCUT2D eigenvalue weighted by atomic mass is 10.1. The number of carbonyl (C=O) groups is 1. The third-order valence-corrected chi connectivity index (χ3v) is 1.98. The molecule has 0 saturated carbocycles. The highest BCUT2D eigenvalue weighted by atomic mass is 16.3. The van der Waals surface area contributed by atoms with Gasteiger partial charge in [-0.25, -0.2) is 0 Å². The average molecular weight is 179 g/mol. The molecule has 0 unspecified atom stereocenters. The zero-order valence-corrected chi connectivity index (χ0v) is 8.01. The summed E-state index contributed by atoms with van der Waals surface area (Å²) < 4.78 is 0. The maximum atomic E-state index is 11.2. The Kier molecular flexibility index (Phi) is 2.56. The molecule has 0 radical (unpaired) electrons. The van der Waals surface area contributed by atoms with Gasteiger partial charge in [0.2, 0.25) is 0 Å². The summed E-state index contributed by atoms with van der Waals surface area (Å²) in [7, 11) is 1.58. The van der Waals surface area contributed by atoms with Gasteiger partial charge in [-0.1, -0.05) is 0 Å². The molecule has 1 aromatic rings. The van der Waals surface area contributed by atoms with Gasteiger partial charge in [0.1, 0.15) is 5.75 Å². The van der Waals surface area contributed by atoms with Crippen molar-refractivity contribution in [1.29, 1.82) is 0 Å². The lowest BCUT2D eigenvalue weighted by molar-refractivity contribution is 0.0963. The van der Waals surface area contributed by atoms with Gasteiger partial charge in [-0.05, 0) is 37.1 Å². The molecule has 1 rings (SSSR count). The first-order valence-electron chi connectivity index (χ1n) is 4.08. The Bertz CT molecular complexity index is 322. The van der Waals surface area contributed by atoms with Crippen LogP contribution in [0.4, 0.5) is 0 Å². The predicted octanol–water partition coefficient (Wildman–Crippen LogP) is 1.37. The summed E-state index contributed by atoms with van der Waals surface area (Å²) in [6.45, 7) is 3.55. The standard InChI is InChI=1S/C10H13NO2/c1-6-4-8(10(13)11-3)5-7(2)9(6)12/h4-5,12H,1-3H3,(H,11,13). The van der Waals surface area contributed by atoms with Crippen LogP contribution in [0.1, 0.15) is 21.5 Å². The van der Waals surface area contributed by atoms with Crippen molar-refractivity contribution in [3.05, 3.63) is 28.8 Å². The Morgan fingerprint density at radius 2 is 1.77 bits per heavy atom. The maximum Gasteiger partial charge on any atom is 0.251 e. The van der Waals surface area contributed by atoms with Crippen molar-refractivity contribution in [3.8, 4) is 5.75 Å². The van der Waals surface area contributed by atoms with E-state index in [4.69, 9.17) is 0 Å². The maximum absolute atomic E-state index is 11.2. The summed E-state index contributed by atoms with van der Waals surface area (Å²) >= 11 is 0. The molecule has 1 aromatic carbocycles. The van der Waals surface area contributed by atoms with Crippen molar-refractivity contribution < 1.29 is 9.90 Å². The van der Waals surface area contributed by atoms with Crippen LogP contribution in [0.2, 0.25) is 0 Å². The normalized spacial score (nSPS) is 9.77. The van der Waals surface area contributed by atoms with Crippen LogP contribution in [-0.2, 0) is 0 Å². The van der Waals surface area contributed by atoms with Gasteiger partial charge in [0.15, 0.2) is 0 Å². The number of aryl methyl sites for hydroxylation is 2. The zero-order valence-electron chi connectivity index (χ0n) is 8.01. The van der Waals surface area contributed by atoms with Gasteiger partial charge in [0.25, 0.3) is 5.91 Å². The van der Waals surface area contributed by atoms with Crippen LogP contribution in [0.3, 0.4) is 0 Å². The molecule has 0 heterocycles. The Hall–Kier alpha value is -1.51. The Labute approximate surface area is 77.4 Å². The van der Waals surface area contributed by atoms with Crippen LogP contribution in [0.25, 0.3) is 0 Å². The molecule has 0 aliphatic rings. The summed E-state index contributed by atoms with van der Waals surface area (Å²) in [5, 5.41) is 12.0. The van der Waals surface area contributed by atoms with E-state index in [1.54, 1.807) is 33.0 Å². The number of aromatic hydroxyl groups is 1. The van der Waals surface area contributed by atoms with E-state index in [0.29, 0.717) is 5.56 Å². The van der Waals surface area contributed by atoms with E-state index in [2.05, 4.69) is 5.32 Å². The summed E-state index contributed by atoms with van der Waals surface area (Å²) in [6.07, 6.45) is 0. The van der Waals surface area contributed by atoms with E-state index in [1.807, 2.05) is 0 Å². The van der Waals surface area contributed by atoms with E-state index < -0.39 is 0 Å². The van der Waals surface area contributed by atoms with Crippen LogP contribution in [0, 0.1) is 13.8 Å². The molecule has 0 fully saturated rings. The molecule has 3 heteroatoms. The fourth-order valence-electron chi connectivity index (χ4n) is 1.23. The lowest BCUT2D eigenvalue weighted by Gasteiger charge is -2.06. The number of hydrogen-bond donors (Lipinski definition) is 2. The van der Waals surface area contributed by atoms with Crippen LogP contribution < -0.4 is 5.32 Å². The quantitative estimate of drug-likeness (QED) is 0.684. The second-order valence-corrected chi connectivity index (χ2v) is 3.04. The highest BCUT2D eigenvalue weighted by Crippen LogP contribution is 2.22. The van der Waals surface area contributed by atoms with Crippen molar-refractivity contribution in [2.45, 2.75) is 13.8 Å². The molecule has 0 aliphatic heterocycles. The summed E-state index contributed by atoms with van der Waals surface area (Å²) in [4.78, 5) is 11.2. The minimum Gasteiger partial charge on any atom is -0.507 e. The first kappa shape index (κ1) is 9.58. The molecule has 13 heavy (non-hydrogen) atoms. The molecule has 0 atom stereocenters. The molecule has 0 spiro atoms.